The SMILES string of the molecule is Cc1c(OCC(=O)N2CCC(O)(c3cccnc3)CC2)ccc2c3c(c(=O)oc12)CCC3. The third kappa shape index (κ3) is 3.56. The van der Waals surface area contributed by atoms with Crippen LogP contribution in [0.25, 0.3) is 11.0 Å². The molecule has 1 aromatic carbocycles. The summed E-state index contributed by atoms with van der Waals surface area (Å²) in [5.74, 6) is 0.406. The fourth-order valence-corrected chi connectivity index (χ4v) is 4.90. The van der Waals surface area contributed by atoms with Crippen molar-refractivity contribution in [3.63, 3.8) is 0 Å². The Bertz CT molecular complexity index is 1230. The van der Waals surface area contributed by atoms with Crippen LogP contribution >= 0.6 is 0 Å². The highest BCUT2D eigenvalue weighted by Gasteiger charge is 2.35. The van der Waals surface area contributed by atoms with Crippen LogP contribution in [0.5, 0.6) is 5.75 Å². The number of fused-ring (bicyclic) bond motifs is 3. The molecule has 0 atom stereocenters. The first-order chi connectivity index (χ1) is 15.5. The molecule has 7 nitrogen and oxygen atoms in total. The predicted molar refractivity (Wildman–Crippen MR) is 119 cm³/mol. The van der Waals surface area contributed by atoms with Crippen molar-refractivity contribution in [2.24, 2.45) is 0 Å². The van der Waals surface area contributed by atoms with E-state index in [-0.39, 0.29) is 18.1 Å². The molecule has 2 aliphatic rings. The lowest BCUT2D eigenvalue weighted by Crippen LogP contribution is -2.46. The van der Waals surface area contributed by atoms with Gasteiger partial charge in [0.1, 0.15) is 11.3 Å². The van der Waals surface area contributed by atoms with Crippen LogP contribution in [0, 0.1) is 6.92 Å². The summed E-state index contributed by atoms with van der Waals surface area (Å²) in [6.45, 7) is 2.64. The molecule has 1 aliphatic heterocycles. The standard InChI is InChI=1S/C25H26N2O5/c1-16-21(8-7-19-18-5-2-6-20(18)24(29)32-23(16)19)31-15-22(28)27-12-9-25(30,10-13-27)17-4-3-11-26-14-17/h3-4,7-8,11,14,30H,2,5-6,9-10,12-13,15H2,1H3. The number of aryl methyl sites for hydroxylation is 2. The fourth-order valence-electron chi connectivity index (χ4n) is 4.90. The van der Waals surface area contributed by atoms with Crippen LogP contribution in [0.3, 0.4) is 0 Å². The highest BCUT2D eigenvalue weighted by molar-refractivity contribution is 5.86. The Morgan fingerprint density at radius 3 is 2.75 bits per heavy atom. The third-order valence-electron chi connectivity index (χ3n) is 6.83. The van der Waals surface area contributed by atoms with Crippen LogP contribution in [0.15, 0.2) is 45.9 Å². The largest absolute Gasteiger partial charge is 0.483 e. The van der Waals surface area contributed by atoms with Crippen LogP contribution in [-0.4, -0.2) is 40.6 Å². The maximum atomic E-state index is 12.7. The van der Waals surface area contributed by atoms with E-state index in [1.165, 1.54) is 0 Å². The number of benzene rings is 1. The number of hydrogen-bond acceptors (Lipinski definition) is 6. The number of hydrogen-bond donors (Lipinski definition) is 1. The van der Waals surface area contributed by atoms with Crippen LogP contribution in [0.2, 0.25) is 0 Å². The second-order valence-corrected chi connectivity index (χ2v) is 8.71. The number of ether oxygens (including phenoxy) is 1. The Balaban J connectivity index is 1.26. The van der Waals surface area contributed by atoms with E-state index >= 15 is 0 Å². The third-order valence-corrected chi connectivity index (χ3v) is 6.83. The van der Waals surface area contributed by atoms with Crippen molar-refractivity contribution >= 4 is 16.9 Å². The normalized spacial score (nSPS) is 17.4. The summed E-state index contributed by atoms with van der Waals surface area (Å²) in [6.07, 6.45) is 6.89. The van der Waals surface area contributed by atoms with Crippen molar-refractivity contribution in [2.75, 3.05) is 19.7 Å². The molecule has 0 saturated carbocycles. The van der Waals surface area contributed by atoms with E-state index in [0.717, 1.165) is 46.9 Å². The number of rotatable bonds is 4. The van der Waals surface area contributed by atoms with Crippen molar-refractivity contribution < 1.29 is 19.1 Å². The maximum Gasteiger partial charge on any atom is 0.339 e. The van der Waals surface area contributed by atoms with Gasteiger partial charge < -0.3 is 19.2 Å². The molecule has 32 heavy (non-hydrogen) atoms. The van der Waals surface area contributed by atoms with Crippen LogP contribution in [-0.2, 0) is 23.2 Å². The zero-order chi connectivity index (χ0) is 22.3. The molecule has 0 radical (unpaired) electrons. The van der Waals surface area contributed by atoms with E-state index in [1.54, 1.807) is 23.4 Å². The summed E-state index contributed by atoms with van der Waals surface area (Å²) in [4.78, 5) is 30.9. The van der Waals surface area contributed by atoms with Crippen LogP contribution < -0.4 is 10.4 Å². The van der Waals surface area contributed by atoms with Gasteiger partial charge in [-0.05, 0) is 62.8 Å². The lowest BCUT2D eigenvalue weighted by molar-refractivity contribution is -0.137. The first-order valence-electron chi connectivity index (χ1n) is 11.1. The molecule has 3 heterocycles. The quantitative estimate of drug-likeness (QED) is 0.635. The molecule has 1 N–H and O–H groups in total. The van der Waals surface area contributed by atoms with Crippen molar-refractivity contribution in [3.8, 4) is 5.75 Å². The first-order valence-corrected chi connectivity index (χ1v) is 11.1. The molecule has 1 aliphatic carbocycles. The van der Waals surface area contributed by atoms with E-state index in [0.29, 0.717) is 37.3 Å². The van der Waals surface area contributed by atoms with Crippen molar-refractivity contribution in [3.05, 3.63) is 69.3 Å². The summed E-state index contributed by atoms with van der Waals surface area (Å²) in [5, 5.41) is 11.9. The molecule has 2 aromatic heterocycles. The Morgan fingerprint density at radius 1 is 1.22 bits per heavy atom. The van der Waals surface area contributed by atoms with Crippen molar-refractivity contribution in [1.29, 1.82) is 0 Å². The van der Waals surface area contributed by atoms with Gasteiger partial charge in [0.15, 0.2) is 6.61 Å². The van der Waals surface area contributed by atoms with E-state index < -0.39 is 5.60 Å². The first kappa shape index (κ1) is 20.7. The number of carbonyl (C=O) groups excluding carboxylic acids is 1. The summed E-state index contributed by atoms with van der Waals surface area (Å²) in [6, 6.07) is 7.44. The summed E-state index contributed by atoms with van der Waals surface area (Å²) >= 11 is 0. The second kappa shape index (κ2) is 8.06. The number of aliphatic hydroxyl groups is 1. The second-order valence-electron chi connectivity index (χ2n) is 8.71. The molecule has 1 fully saturated rings. The molecule has 166 valence electrons. The average Bonchev–Trinajstić information content (AvgIpc) is 3.31. The molecule has 0 spiro atoms. The van der Waals surface area contributed by atoms with E-state index in [9.17, 15) is 14.7 Å². The summed E-state index contributed by atoms with van der Waals surface area (Å²) in [7, 11) is 0. The molecule has 3 aromatic rings. The lowest BCUT2D eigenvalue weighted by atomic mass is 9.85. The fraction of sp³-hybridized carbons (Fsp3) is 0.400. The minimum atomic E-state index is -0.960. The lowest BCUT2D eigenvalue weighted by Gasteiger charge is -2.38. The summed E-state index contributed by atoms with van der Waals surface area (Å²) < 4.78 is 11.4. The zero-order valence-corrected chi connectivity index (χ0v) is 18.1. The Labute approximate surface area is 185 Å². The smallest absolute Gasteiger partial charge is 0.339 e. The van der Waals surface area contributed by atoms with Gasteiger partial charge in [0, 0.05) is 47.6 Å². The van der Waals surface area contributed by atoms with E-state index in [2.05, 4.69) is 4.98 Å². The van der Waals surface area contributed by atoms with Gasteiger partial charge in [-0.3, -0.25) is 9.78 Å². The van der Waals surface area contributed by atoms with Gasteiger partial charge in [0.2, 0.25) is 0 Å². The molecular formula is C25H26N2O5. The molecule has 0 unspecified atom stereocenters. The van der Waals surface area contributed by atoms with E-state index in [1.807, 2.05) is 25.1 Å². The molecule has 1 amide bonds. The highest BCUT2D eigenvalue weighted by atomic mass is 16.5. The number of carbonyl (C=O) groups is 1. The zero-order valence-electron chi connectivity index (χ0n) is 18.1. The Hall–Kier alpha value is -3.19. The average molecular weight is 434 g/mol. The Morgan fingerprint density at radius 2 is 2.00 bits per heavy atom. The number of aromatic nitrogens is 1. The van der Waals surface area contributed by atoms with E-state index in [4.69, 9.17) is 9.15 Å². The number of likely N-dealkylation sites (tertiary alicyclic amines) is 1. The van der Waals surface area contributed by atoms with Gasteiger partial charge in [0.05, 0.1) is 5.60 Å². The van der Waals surface area contributed by atoms with Gasteiger partial charge in [-0.25, -0.2) is 4.79 Å². The van der Waals surface area contributed by atoms with Gasteiger partial charge in [-0.1, -0.05) is 6.07 Å². The molecule has 0 bridgehead atoms. The van der Waals surface area contributed by atoms with Crippen LogP contribution in [0.4, 0.5) is 0 Å². The maximum absolute atomic E-state index is 12.7. The molecule has 7 heteroatoms. The number of amides is 1. The van der Waals surface area contributed by atoms with Gasteiger partial charge in [-0.15, -0.1) is 0 Å². The molecule has 1 saturated heterocycles. The monoisotopic (exact) mass is 434 g/mol. The summed E-state index contributed by atoms with van der Waals surface area (Å²) in [5.41, 5.74) is 2.69. The predicted octanol–water partition coefficient (Wildman–Crippen LogP) is 2.87. The van der Waals surface area contributed by atoms with Crippen molar-refractivity contribution in [1.82, 2.24) is 9.88 Å². The number of piperidine rings is 1. The van der Waals surface area contributed by atoms with Gasteiger partial charge >= 0.3 is 5.63 Å². The number of nitrogens with zero attached hydrogens (tertiary/aromatic N) is 2. The minimum Gasteiger partial charge on any atom is -0.483 e. The van der Waals surface area contributed by atoms with Crippen molar-refractivity contribution in [2.45, 2.75) is 44.6 Å². The van der Waals surface area contributed by atoms with Gasteiger partial charge in [0.25, 0.3) is 5.91 Å². The molecule has 5 rings (SSSR count). The highest BCUT2D eigenvalue weighted by Crippen LogP contribution is 2.34. The van der Waals surface area contributed by atoms with Gasteiger partial charge in [-0.2, -0.15) is 0 Å². The minimum absolute atomic E-state index is 0.104. The Kier molecular flexibility index (Phi) is 5.21. The molecular weight excluding hydrogens is 408 g/mol. The number of pyridine rings is 1. The van der Waals surface area contributed by atoms with Crippen LogP contribution in [0.1, 0.15) is 41.5 Å². The topological polar surface area (TPSA) is 92.9 Å².